The summed E-state index contributed by atoms with van der Waals surface area (Å²) in [7, 11) is -4.37. The number of hydrogen-bond acceptors (Lipinski definition) is 5. The molecule has 0 aliphatic rings. The van der Waals surface area contributed by atoms with Gasteiger partial charge in [0, 0.05) is 13.1 Å². The van der Waals surface area contributed by atoms with Crippen LogP contribution in [0.3, 0.4) is 0 Å². The van der Waals surface area contributed by atoms with Crippen molar-refractivity contribution < 1.29 is 17.2 Å². The van der Waals surface area contributed by atoms with Crippen LogP contribution in [0.25, 0.3) is 10.2 Å². The molecule has 3 aromatic rings. The van der Waals surface area contributed by atoms with E-state index in [1.807, 2.05) is 0 Å². The molecule has 3 rings (SSSR count). The summed E-state index contributed by atoms with van der Waals surface area (Å²) in [6.07, 6.45) is 1.30. The van der Waals surface area contributed by atoms with Crippen molar-refractivity contribution in [3.63, 3.8) is 0 Å². The molecule has 0 saturated heterocycles. The number of benzene rings is 1. The quantitative estimate of drug-likeness (QED) is 0.740. The van der Waals surface area contributed by atoms with Crippen molar-refractivity contribution in [1.82, 2.24) is 14.3 Å². The van der Waals surface area contributed by atoms with Gasteiger partial charge >= 0.3 is 0 Å². The Morgan fingerprint density at radius 2 is 1.92 bits per heavy atom. The molecular weight excluding hydrogens is 360 g/mol. The number of halogens is 2. The van der Waals surface area contributed by atoms with Gasteiger partial charge in [-0.3, -0.25) is 9.36 Å². The van der Waals surface area contributed by atoms with Gasteiger partial charge in [0.2, 0.25) is 10.0 Å². The van der Waals surface area contributed by atoms with Crippen molar-refractivity contribution in [2.24, 2.45) is 0 Å². The van der Waals surface area contributed by atoms with Crippen LogP contribution in [0.1, 0.15) is 0 Å². The standard InChI is InChI=1S/C14H11F2N3O3S2/c15-9-2-1-3-10(16)13(9)24(21,22)18-5-6-19-8-17-11-4-7-23-12(11)14(19)20/h1-4,7-8,18H,5-6H2. The first-order valence-corrected chi connectivity index (χ1v) is 9.13. The predicted octanol–water partition coefficient (Wildman–Crippen LogP) is 1.71. The Balaban J connectivity index is 1.78. The fourth-order valence-corrected chi connectivity index (χ4v) is 4.10. The summed E-state index contributed by atoms with van der Waals surface area (Å²) in [6.45, 7) is -0.233. The topological polar surface area (TPSA) is 81.1 Å². The molecule has 0 aliphatic heterocycles. The summed E-state index contributed by atoms with van der Waals surface area (Å²) in [5.41, 5.74) is 0.265. The van der Waals surface area contributed by atoms with Crippen molar-refractivity contribution in [1.29, 1.82) is 0 Å². The summed E-state index contributed by atoms with van der Waals surface area (Å²) < 4.78 is 55.0. The lowest BCUT2D eigenvalue weighted by atomic mass is 10.3. The van der Waals surface area contributed by atoms with Gasteiger partial charge in [-0.1, -0.05) is 6.07 Å². The lowest BCUT2D eigenvalue weighted by molar-refractivity contribution is 0.511. The fourth-order valence-electron chi connectivity index (χ4n) is 2.15. The second kappa shape index (κ2) is 6.38. The second-order valence-electron chi connectivity index (χ2n) is 4.83. The minimum Gasteiger partial charge on any atom is -0.297 e. The number of aromatic nitrogens is 2. The molecule has 6 nitrogen and oxygen atoms in total. The molecule has 1 N–H and O–H groups in total. The van der Waals surface area contributed by atoms with Gasteiger partial charge in [-0.15, -0.1) is 11.3 Å². The highest BCUT2D eigenvalue weighted by Crippen LogP contribution is 2.17. The molecule has 126 valence electrons. The number of hydrogen-bond donors (Lipinski definition) is 1. The zero-order valence-corrected chi connectivity index (χ0v) is 13.7. The van der Waals surface area contributed by atoms with Crippen LogP contribution in [0.2, 0.25) is 0 Å². The molecule has 0 bridgehead atoms. The van der Waals surface area contributed by atoms with Crippen molar-refractivity contribution in [3.8, 4) is 0 Å². The molecular formula is C14H11F2N3O3S2. The molecule has 0 saturated carbocycles. The molecule has 24 heavy (non-hydrogen) atoms. The Morgan fingerprint density at radius 1 is 1.21 bits per heavy atom. The Hall–Kier alpha value is -2.17. The zero-order chi connectivity index (χ0) is 17.3. The first-order valence-electron chi connectivity index (χ1n) is 6.76. The van der Waals surface area contributed by atoms with Crippen molar-refractivity contribution in [2.45, 2.75) is 11.4 Å². The van der Waals surface area contributed by atoms with Gasteiger partial charge in [0.05, 0.1) is 11.8 Å². The minimum absolute atomic E-state index is 0.0189. The largest absolute Gasteiger partial charge is 0.297 e. The molecule has 2 aromatic heterocycles. The average molecular weight is 371 g/mol. The Labute approximate surface area is 139 Å². The first-order chi connectivity index (χ1) is 11.4. The number of fused-ring (bicyclic) bond motifs is 1. The normalized spacial score (nSPS) is 11.9. The highest BCUT2D eigenvalue weighted by Gasteiger charge is 2.23. The van der Waals surface area contributed by atoms with E-state index in [-0.39, 0.29) is 18.6 Å². The van der Waals surface area contributed by atoms with E-state index in [2.05, 4.69) is 9.71 Å². The van der Waals surface area contributed by atoms with E-state index in [0.29, 0.717) is 10.2 Å². The monoisotopic (exact) mass is 371 g/mol. The maximum absolute atomic E-state index is 13.6. The van der Waals surface area contributed by atoms with Gasteiger partial charge in [0.25, 0.3) is 5.56 Å². The molecule has 0 spiro atoms. The molecule has 10 heteroatoms. The maximum atomic E-state index is 13.6. The Morgan fingerprint density at radius 3 is 2.62 bits per heavy atom. The van der Waals surface area contributed by atoms with Gasteiger partial charge in [-0.25, -0.2) is 26.9 Å². The van der Waals surface area contributed by atoms with E-state index in [1.165, 1.54) is 22.2 Å². The summed E-state index contributed by atoms with van der Waals surface area (Å²) >= 11 is 1.23. The smallest absolute Gasteiger partial charge is 0.271 e. The van der Waals surface area contributed by atoms with E-state index in [4.69, 9.17) is 0 Å². The van der Waals surface area contributed by atoms with E-state index in [0.717, 1.165) is 18.2 Å². The van der Waals surface area contributed by atoms with Crippen LogP contribution in [0.5, 0.6) is 0 Å². The van der Waals surface area contributed by atoms with Crippen LogP contribution < -0.4 is 10.3 Å². The maximum Gasteiger partial charge on any atom is 0.271 e. The molecule has 1 aromatic carbocycles. The van der Waals surface area contributed by atoms with Crippen LogP contribution >= 0.6 is 11.3 Å². The van der Waals surface area contributed by atoms with Gasteiger partial charge in [0.1, 0.15) is 16.3 Å². The molecule has 0 radical (unpaired) electrons. The number of nitrogens with zero attached hydrogens (tertiary/aromatic N) is 2. The molecule has 0 atom stereocenters. The van der Waals surface area contributed by atoms with Gasteiger partial charge < -0.3 is 0 Å². The van der Waals surface area contributed by atoms with E-state index >= 15 is 0 Å². The SMILES string of the molecule is O=c1c2sccc2ncn1CCNS(=O)(=O)c1c(F)cccc1F. The summed E-state index contributed by atoms with van der Waals surface area (Å²) in [4.78, 5) is 15.2. The van der Waals surface area contributed by atoms with Crippen LogP contribution in [0.4, 0.5) is 8.78 Å². The fraction of sp³-hybridized carbons (Fsp3) is 0.143. The van der Waals surface area contributed by atoms with Crippen LogP contribution in [-0.2, 0) is 16.6 Å². The van der Waals surface area contributed by atoms with Gasteiger partial charge in [-0.2, -0.15) is 0 Å². The second-order valence-corrected chi connectivity index (χ2v) is 7.45. The first kappa shape index (κ1) is 16.7. The highest BCUT2D eigenvalue weighted by atomic mass is 32.2. The average Bonchev–Trinajstić information content (AvgIpc) is 2.98. The third-order valence-electron chi connectivity index (χ3n) is 3.27. The van der Waals surface area contributed by atoms with E-state index in [1.54, 1.807) is 11.4 Å². The van der Waals surface area contributed by atoms with Gasteiger partial charge in [0.15, 0.2) is 4.90 Å². The minimum atomic E-state index is -4.37. The van der Waals surface area contributed by atoms with Gasteiger partial charge in [-0.05, 0) is 23.6 Å². The van der Waals surface area contributed by atoms with Crippen LogP contribution in [-0.4, -0.2) is 24.5 Å². The molecule has 0 aliphatic carbocycles. The summed E-state index contributed by atoms with van der Waals surface area (Å²) in [5.74, 6) is -2.36. The Kier molecular flexibility index (Phi) is 4.43. The van der Waals surface area contributed by atoms with Crippen molar-refractivity contribution in [3.05, 3.63) is 58.0 Å². The lowest BCUT2D eigenvalue weighted by Gasteiger charge is -2.09. The van der Waals surface area contributed by atoms with Crippen LogP contribution in [0, 0.1) is 11.6 Å². The molecule has 0 amide bonds. The summed E-state index contributed by atoms with van der Waals surface area (Å²) in [5, 5.41) is 1.73. The number of nitrogens with one attached hydrogen (secondary N) is 1. The molecule has 0 fully saturated rings. The summed E-state index contributed by atoms with van der Waals surface area (Å²) in [6, 6.07) is 4.49. The number of rotatable bonds is 5. The number of sulfonamides is 1. The molecule has 0 unspecified atom stereocenters. The molecule has 2 heterocycles. The van der Waals surface area contributed by atoms with Crippen molar-refractivity contribution >= 4 is 31.6 Å². The zero-order valence-electron chi connectivity index (χ0n) is 12.1. The number of thiophene rings is 1. The predicted molar refractivity (Wildman–Crippen MR) is 85.4 cm³/mol. The van der Waals surface area contributed by atoms with Crippen LogP contribution in [0.15, 0.2) is 45.7 Å². The highest BCUT2D eigenvalue weighted by molar-refractivity contribution is 7.89. The van der Waals surface area contributed by atoms with Crippen molar-refractivity contribution in [2.75, 3.05) is 6.54 Å². The third-order valence-corrected chi connectivity index (χ3v) is 5.67. The van der Waals surface area contributed by atoms with E-state index in [9.17, 15) is 22.0 Å². The lowest BCUT2D eigenvalue weighted by Crippen LogP contribution is -2.31. The van der Waals surface area contributed by atoms with E-state index < -0.39 is 26.6 Å². The Bertz CT molecular complexity index is 1040. The third kappa shape index (κ3) is 3.07.